The Labute approximate surface area is 209 Å². The van der Waals surface area contributed by atoms with Crippen LogP contribution in [0.1, 0.15) is 42.4 Å². The fourth-order valence-corrected chi connectivity index (χ4v) is 5.51. The molecule has 0 unspecified atom stereocenters. The van der Waals surface area contributed by atoms with Crippen molar-refractivity contribution < 1.29 is 4.79 Å². The highest BCUT2D eigenvalue weighted by Crippen LogP contribution is 2.32. The standard InChI is InChI=1S/C29H27ClN4O/c1-2-33-24-9-6-5-8-22(24)23-18-21(15-16-25(23)33)31-29(35)27-26-10-4-3-7-17-34(26)28(32-27)19-11-13-20(30)14-12-19/h5-6,8-9,11-16,18H,2-4,7,10,17H2,1H3,(H,31,35). The van der Waals surface area contributed by atoms with Gasteiger partial charge < -0.3 is 14.5 Å². The minimum Gasteiger partial charge on any atom is -0.341 e. The number of anilines is 1. The molecular formula is C29H27ClN4O. The van der Waals surface area contributed by atoms with E-state index in [0.29, 0.717) is 10.7 Å². The molecule has 0 spiro atoms. The first-order chi connectivity index (χ1) is 17.1. The van der Waals surface area contributed by atoms with Gasteiger partial charge in [0, 0.05) is 51.2 Å². The van der Waals surface area contributed by atoms with Crippen LogP contribution in [0.15, 0.2) is 66.7 Å². The van der Waals surface area contributed by atoms with Crippen LogP contribution in [-0.2, 0) is 19.5 Å². The molecule has 0 saturated carbocycles. The molecule has 1 amide bonds. The number of nitrogens with zero attached hydrogens (tertiary/aromatic N) is 3. The van der Waals surface area contributed by atoms with E-state index < -0.39 is 0 Å². The molecule has 1 aliphatic rings. The Balaban J connectivity index is 1.39. The van der Waals surface area contributed by atoms with Crippen molar-refractivity contribution in [1.82, 2.24) is 14.1 Å². The van der Waals surface area contributed by atoms with E-state index in [4.69, 9.17) is 16.6 Å². The highest BCUT2D eigenvalue weighted by molar-refractivity contribution is 6.30. The zero-order chi connectivity index (χ0) is 23.9. The van der Waals surface area contributed by atoms with Gasteiger partial charge in [-0.2, -0.15) is 0 Å². The number of fused-ring (bicyclic) bond motifs is 4. The number of carbonyl (C=O) groups excluding carboxylic acids is 1. The van der Waals surface area contributed by atoms with Gasteiger partial charge in [0.05, 0.1) is 5.69 Å². The first kappa shape index (κ1) is 21.9. The van der Waals surface area contributed by atoms with Gasteiger partial charge in [-0.25, -0.2) is 4.98 Å². The van der Waals surface area contributed by atoms with Crippen LogP contribution >= 0.6 is 11.6 Å². The number of aryl methyl sites for hydroxylation is 1. The minimum absolute atomic E-state index is 0.158. The molecule has 35 heavy (non-hydrogen) atoms. The van der Waals surface area contributed by atoms with Crippen LogP contribution < -0.4 is 5.32 Å². The van der Waals surface area contributed by atoms with Crippen molar-refractivity contribution in [1.29, 1.82) is 0 Å². The SMILES string of the molecule is CCn1c2ccccc2c2cc(NC(=O)c3nc(-c4ccc(Cl)cc4)n4c3CCCCC4)ccc21. The van der Waals surface area contributed by atoms with E-state index in [0.717, 1.165) is 66.9 Å². The highest BCUT2D eigenvalue weighted by atomic mass is 35.5. The normalized spacial score (nSPS) is 13.7. The van der Waals surface area contributed by atoms with Crippen LogP contribution in [0.25, 0.3) is 33.2 Å². The zero-order valence-corrected chi connectivity index (χ0v) is 20.5. The Morgan fingerprint density at radius 1 is 0.971 bits per heavy atom. The summed E-state index contributed by atoms with van der Waals surface area (Å²) in [5, 5.41) is 6.17. The van der Waals surface area contributed by atoms with Gasteiger partial charge in [0.15, 0.2) is 0 Å². The van der Waals surface area contributed by atoms with Crippen LogP contribution in [0.2, 0.25) is 5.02 Å². The fraction of sp³-hybridized carbons (Fsp3) is 0.241. The molecule has 6 rings (SSSR count). The summed E-state index contributed by atoms with van der Waals surface area (Å²) in [7, 11) is 0. The number of amides is 1. The molecule has 0 radical (unpaired) electrons. The maximum atomic E-state index is 13.5. The second-order valence-corrected chi connectivity index (χ2v) is 9.58. The number of aromatic nitrogens is 3. The molecular weight excluding hydrogens is 456 g/mol. The van der Waals surface area contributed by atoms with E-state index in [1.807, 2.05) is 30.3 Å². The second kappa shape index (κ2) is 8.90. The predicted molar refractivity (Wildman–Crippen MR) is 143 cm³/mol. The van der Waals surface area contributed by atoms with Crippen LogP contribution in [0.3, 0.4) is 0 Å². The summed E-state index contributed by atoms with van der Waals surface area (Å²) >= 11 is 6.11. The lowest BCUT2D eigenvalue weighted by Gasteiger charge is -2.09. The molecule has 5 nitrogen and oxygen atoms in total. The molecule has 1 aliphatic heterocycles. The molecule has 1 N–H and O–H groups in total. The molecule has 0 bridgehead atoms. The Bertz CT molecular complexity index is 1560. The van der Waals surface area contributed by atoms with Crippen molar-refractivity contribution in [2.24, 2.45) is 0 Å². The zero-order valence-electron chi connectivity index (χ0n) is 19.7. The molecule has 0 aliphatic carbocycles. The van der Waals surface area contributed by atoms with Gasteiger partial charge in [-0.15, -0.1) is 0 Å². The van der Waals surface area contributed by atoms with Crippen molar-refractivity contribution in [3.63, 3.8) is 0 Å². The maximum Gasteiger partial charge on any atom is 0.276 e. The van der Waals surface area contributed by atoms with Crippen LogP contribution in [0.4, 0.5) is 5.69 Å². The molecule has 2 aromatic heterocycles. The van der Waals surface area contributed by atoms with E-state index in [-0.39, 0.29) is 5.91 Å². The van der Waals surface area contributed by atoms with Crippen LogP contribution in [0, 0.1) is 0 Å². The van der Waals surface area contributed by atoms with Gasteiger partial charge in [0.1, 0.15) is 11.5 Å². The Hall–Kier alpha value is -3.57. The average molecular weight is 483 g/mol. The summed E-state index contributed by atoms with van der Waals surface area (Å²) in [5.74, 6) is 0.680. The third-order valence-electron chi connectivity index (χ3n) is 7.03. The van der Waals surface area contributed by atoms with E-state index >= 15 is 0 Å². The topological polar surface area (TPSA) is 51.9 Å². The molecule has 0 saturated heterocycles. The quantitative estimate of drug-likeness (QED) is 0.292. The van der Waals surface area contributed by atoms with Gasteiger partial charge >= 0.3 is 0 Å². The van der Waals surface area contributed by atoms with Gasteiger partial charge in [-0.3, -0.25) is 4.79 Å². The number of hydrogen-bond donors (Lipinski definition) is 1. The number of hydrogen-bond acceptors (Lipinski definition) is 2. The number of halogens is 1. The third-order valence-corrected chi connectivity index (χ3v) is 7.28. The molecule has 176 valence electrons. The number of para-hydroxylation sites is 1. The van der Waals surface area contributed by atoms with E-state index in [9.17, 15) is 4.79 Å². The van der Waals surface area contributed by atoms with Crippen molar-refractivity contribution in [3.05, 3.63) is 83.1 Å². The summed E-state index contributed by atoms with van der Waals surface area (Å²) in [4.78, 5) is 18.4. The smallest absolute Gasteiger partial charge is 0.276 e. The van der Waals surface area contributed by atoms with Crippen LogP contribution in [0.5, 0.6) is 0 Å². The summed E-state index contributed by atoms with van der Waals surface area (Å²) < 4.78 is 4.53. The Morgan fingerprint density at radius 2 is 1.77 bits per heavy atom. The van der Waals surface area contributed by atoms with Crippen molar-refractivity contribution >= 4 is 45.0 Å². The lowest BCUT2D eigenvalue weighted by atomic mass is 10.1. The molecule has 0 fully saturated rings. The predicted octanol–water partition coefficient (Wildman–Crippen LogP) is 7.31. The van der Waals surface area contributed by atoms with Crippen molar-refractivity contribution in [3.8, 4) is 11.4 Å². The van der Waals surface area contributed by atoms with Gasteiger partial charge in [0.2, 0.25) is 0 Å². The lowest BCUT2D eigenvalue weighted by Crippen LogP contribution is -2.15. The second-order valence-electron chi connectivity index (χ2n) is 9.15. The van der Waals surface area contributed by atoms with Crippen LogP contribution in [-0.4, -0.2) is 20.0 Å². The van der Waals surface area contributed by atoms with E-state index in [1.54, 1.807) is 0 Å². The third kappa shape index (κ3) is 3.80. The van der Waals surface area contributed by atoms with Gasteiger partial charge in [0.25, 0.3) is 5.91 Å². The number of nitrogens with one attached hydrogen (secondary N) is 1. The number of carbonyl (C=O) groups is 1. The first-order valence-corrected chi connectivity index (χ1v) is 12.7. The summed E-state index contributed by atoms with van der Waals surface area (Å²) in [6, 6.07) is 22.3. The molecule has 6 heteroatoms. The van der Waals surface area contributed by atoms with Crippen molar-refractivity contribution in [2.75, 3.05) is 5.32 Å². The van der Waals surface area contributed by atoms with E-state index in [1.165, 1.54) is 16.4 Å². The molecule has 3 heterocycles. The summed E-state index contributed by atoms with van der Waals surface area (Å²) in [6.07, 6.45) is 4.16. The highest BCUT2D eigenvalue weighted by Gasteiger charge is 2.24. The minimum atomic E-state index is -0.158. The van der Waals surface area contributed by atoms with Crippen molar-refractivity contribution in [2.45, 2.75) is 45.7 Å². The monoisotopic (exact) mass is 482 g/mol. The molecule has 5 aromatic rings. The largest absolute Gasteiger partial charge is 0.341 e. The van der Waals surface area contributed by atoms with Gasteiger partial charge in [-0.05, 0) is 74.7 Å². The molecule has 3 aromatic carbocycles. The fourth-order valence-electron chi connectivity index (χ4n) is 5.38. The molecule has 0 atom stereocenters. The number of imidazole rings is 1. The van der Waals surface area contributed by atoms with E-state index in [2.05, 4.69) is 57.8 Å². The Morgan fingerprint density at radius 3 is 2.60 bits per heavy atom. The maximum absolute atomic E-state index is 13.5. The summed E-state index contributed by atoms with van der Waals surface area (Å²) in [6.45, 7) is 3.92. The average Bonchev–Trinajstić information content (AvgIpc) is 3.29. The number of benzene rings is 3. The Kier molecular flexibility index (Phi) is 5.57. The number of rotatable bonds is 4. The first-order valence-electron chi connectivity index (χ1n) is 12.3. The lowest BCUT2D eigenvalue weighted by molar-refractivity contribution is 0.102. The summed E-state index contributed by atoms with van der Waals surface area (Å²) in [5.41, 5.74) is 5.69. The van der Waals surface area contributed by atoms with Gasteiger partial charge in [-0.1, -0.05) is 36.2 Å².